The number of thioether (sulfide) groups is 1. The van der Waals surface area contributed by atoms with Gasteiger partial charge in [0.15, 0.2) is 0 Å². The summed E-state index contributed by atoms with van der Waals surface area (Å²) >= 11 is 7.76. The predicted octanol–water partition coefficient (Wildman–Crippen LogP) is 4.40. The van der Waals surface area contributed by atoms with Crippen molar-refractivity contribution in [2.24, 2.45) is 0 Å². The van der Waals surface area contributed by atoms with Crippen LogP contribution in [-0.2, 0) is 0 Å². The topological polar surface area (TPSA) is 35.2 Å². The fourth-order valence-electron chi connectivity index (χ4n) is 1.65. The second kappa shape index (κ2) is 6.73. The lowest BCUT2D eigenvalue weighted by molar-refractivity contribution is 0.344. The second-order valence-corrected chi connectivity index (χ2v) is 5.64. The number of anilines is 1. The Morgan fingerprint density at radius 1 is 1.16 bits per heavy atom. The van der Waals surface area contributed by atoms with Gasteiger partial charge in [0, 0.05) is 16.3 Å². The van der Waals surface area contributed by atoms with Gasteiger partial charge in [-0.3, -0.25) is 0 Å². The number of rotatable bonds is 5. The molecule has 0 bridgehead atoms. The molecule has 0 fully saturated rings. The van der Waals surface area contributed by atoms with E-state index in [9.17, 15) is 0 Å². The molecule has 2 N–H and O–H groups in total. The average molecular weight is 294 g/mol. The van der Waals surface area contributed by atoms with E-state index in [4.69, 9.17) is 22.1 Å². The number of halogens is 1. The van der Waals surface area contributed by atoms with Crippen molar-refractivity contribution in [2.75, 3.05) is 18.1 Å². The van der Waals surface area contributed by atoms with Crippen molar-refractivity contribution in [2.45, 2.75) is 11.8 Å². The number of hydrogen-bond donors (Lipinski definition) is 1. The molecular weight excluding hydrogens is 278 g/mol. The summed E-state index contributed by atoms with van der Waals surface area (Å²) in [6.07, 6.45) is 0. The van der Waals surface area contributed by atoms with Crippen LogP contribution < -0.4 is 10.5 Å². The molecule has 0 saturated heterocycles. The minimum atomic E-state index is 0.614. The van der Waals surface area contributed by atoms with E-state index in [1.807, 2.05) is 43.3 Å². The summed E-state index contributed by atoms with van der Waals surface area (Å²) in [5, 5.41) is 0.646. The van der Waals surface area contributed by atoms with E-state index in [0.29, 0.717) is 11.6 Å². The first-order valence-corrected chi connectivity index (χ1v) is 7.40. The third-order valence-electron chi connectivity index (χ3n) is 2.76. The molecule has 19 heavy (non-hydrogen) atoms. The van der Waals surface area contributed by atoms with Gasteiger partial charge >= 0.3 is 0 Å². The van der Waals surface area contributed by atoms with Gasteiger partial charge in [0.1, 0.15) is 5.75 Å². The zero-order chi connectivity index (χ0) is 13.7. The number of nitrogen functional groups attached to an aromatic ring is 1. The molecule has 100 valence electrons. The number of ether oxygens (including phenoxy) is 1. The van der Waals surface area contributed by atoms with Gasteiger partial charge in [-0.05, 0) is 36.8 Å². The lowest BCUT2D eigenvalue weighted by Gasteiger charge is -2.09. The predicted molar refractivity (Wildman–Crippen MR) is 83.3 cm³/mol. The molecule has 4 heteroatoms. The minimum absolute atomic E-state index is 0.614. The Bertz CT molecular complexity index is 560. The highest BCUT2D eigenvalue weighted by atomic mass is 35.5. The molecule has 2 rings (SSSR count). The molecule has 2 aromatic carbocycles. The Morgan fingerprint density at radius 3 is 2.74 bits per heavy atom. The van der Waals surface area contributed by atoms with Crippen LogP contribution in [0.15, 0.2) is 47.4 Å². The van der Waals surface area contributed by atoms with E-state index in [1.165, 1.54) is 4.90 Å². The SMILES string of the molecule is Cc1c(N)cccc1SCCOc1ccccc1Cl. The molecule has 0 aliphatic heterocycles. The summed E-state index contributed by atoms with van der Waals surface area (Å²) in [6, 6.07) is 13.5. The molecule has 0 atom stereocenters. The normalized spacial score (nSPS) is 10.4. The second-order valence-electron chi connectivity index (χ2n) is 4.10. The molecular formula is C15H16ClNOS. The highest BCUT2D eigenvalue weighted by Crippen LogP contribution is 2.27. The molecule has 0 aromatic heterocycles. The minimum Gasteiger partial charge on any atom is -0.491 e. The van der Waals surface area contributed by atoms with Crippen molar-refractivity contribution < 1.29 is 4.74 Å². The third-order valence-corrected chi connectivity index (χ3v) is 4.20. The van der Waals surface area contributed by atoms with Crippen LogP contribution in [0.4, 0.5) is 5.69 Å². The van der Waals surface area contributed by atoms with Crippen molar-refractivity contribution in [1.29, 1.82) is 0 Å². The van der Waals surface area contributed by atoms with Crippen LogP contribution in [-0.4, -0.2) is 12.4 Å². The van der Waals surface area contributed by atoms with Crippen molar-refractivity contribution in [3.63, 3.8) is 0 Å². The summed E-state index contributed by atoms with van der Waals surface area (Å²) in [4.78, 5) is 1.20. The number of para-hydroxylation sites is 1. The van der Waals surface area contributed by atoms with Crippen LogP contribution in [0.3, 0.4) is 0 Å². The highest BCUT2D eigenvalue weighted by Gasteiger charge is 2.03. The molecule has 0 aliphatic rings. The first-order valence-electron chi connectivity index (χ1n) is 6.03. The van der Waals surface area contributed by atoms with E-state index in [0.717, 1.165) is 22.8 Å². The van der Waals surface area contributed by atoms with E-state index >= 15 is 0 Å². The van der Waals surface area contributed by atoms with Crippen molar-refractivity contribution >= 4 is 29.1 Å². The van der Waals surface area contributed by atoms with Crippen molar-refractivity contribution in [3.8, 4) is 5.75 Å². The maximum atomic E-state index is 6.02. The molecule has 0 spiro atoms. The molecule has 0 aliphatic carbocycles. The van der Waals surface area contributed by atoms with Gasteiger partial charge in [0.25, 0.3) is 0 Å². The van der Waals surface area contributed by atoms with Gasteiger partial charge < -0.3 is 10.5 Å². The zero-order valence-corrected chi connectivity index (χ0v) is 12.3. The maximum absolute atomic E-state index is 6.02. The number of nitrogens with two attached hydrogens (primary N) is 1. The molecule has 0 radical (unpaired) electrons. The van der Waals surface area contributed by atoms with Gasteiger partial charge in [-0.2, -0.15) is 0 Å². The summed E-state index contributed by atoms with van der Waals surface area (Å²) in [5.41, 5.74) is 7.83. The molecule has 2 aromatic rings. The van der Waals surface area contributed by atoms with Gasteiger partial charge in [-0.15, -0.1) is 11.8 Å². The number of hydrogen-bond acceptors (Lipinski definition) is 3. The van der Waals surface area contributed by atoms with E-state index in [-0.39, 0.29) is 0 Å². The van der Waals surface area contributed by atoms with Crippen LogP contribution in [0.5, 0.6) is 5.75 Å². The molecule has 2 nitrogen and oxygen atoms in total. The van der Waals surface area contributed by atoms with Crippen LogP contribution in [0.2, 0.25) is 5.02 Å². The Balaban J connectivity index is 1.84. The Kier molecular flexibility index (Phi) is 5.00. The molecule has 0 saturated carbocycles. The summed E-state index contributed by atoms with van der Waals surface area (Å²) in [6.45, 7) is 2.65. The van der Waals surface area contributed by atoms with Crippen LogP contribution in [0.25, 0.3) is 0 Å². The van der Waals surface area contributed by atoms with Crippen molar-refractivity contribution in [1.82, 2.24) is 0 Å². The molecule has 0 heterocycles. The van der Waals surface area contributed by atoms with E-state index in [1.54, 1.807) is 11.8 Å². The Labute approximate surface area is 122 Å². The quantitative estimate of drug-likeness (QED) is 0.504. The fraction of sp³-hybridized carbons (Fsp3) is 0.200. The van der Waals surface area contributed by atoms with Gasteiger partial charge in [-0.1, -0.05) is 29.8 Å². The summed E-state index contributed by atoms with van der Waals surface area (Å²) in [5.74, 6) is 1.59. The lowest BCUT2D eigenvalue weighted by Crippen LogP contribution is -2.01. The molecule has 0 unspecified atom stereocenters. The standard InChI is InChI=1S/C15H16ClNOS/c1-11-13(17)6-4-8-15(11)19-10-9-18-14-7-3-2-5-12(14)16/h2-8H,9-10,17H2,1H3. The highest BCUT2D eigenvalue weighted by molar-refractivity contribution is 7.99. The Hall–Kier alpha value is -1.32. The lowest BCUT2D eigenvalue weighted by atomic mass is 10.2. The van der Waals surface area contributed by atoms with Crippen LogP contribution in [0, 0.1) is 6.92 Å². The monoisotopic (exact) mass is 293 g/mol. The largest absolute Gasteiger partial charge is 0.491 e. The summed E-state index contributed by atoms with van der Waals surface area (Å²) in [7, 11) is 0. The average Bonchev–Trinajstić information content (AvgIpc) is 2.41. The van der Waals surface area contributed by atoms with Gasteiger partial charge in [0.05, 0.1) is 11.6 Å². The Morgan fingerprint density at radius 2 is 1.95 bits per heavy atom. The van der Waals surface area contributed by atoms with E-state index < -0.39 is 0 Å². The third kappa shape index (κ3) is 3.82. The van der Waals surface area contributed by atoms with Crippen molar-refractivity contribution in [3.05, 3.63) is 53.1 Å². The smallest absolute Gasteiger partial charge is 0.137 e. The van der Waals surface area contributed by atoms with E-state index in [2.05, 4.69) is 6.07 Å². The first-order chi connectivity index (χ1) is 9.18. The summed E-state index contributed by atoms with van der Waals surface area (Å²) < 4.78 is 5.64. The van der Waals surface area contributed by atoms with Crippen LogP contribution in [0.1, 0.15) is 5.56 Å². The zero-order valence-electron chi connectivity index (χ0n) is 10.7. The maximum Gasteiger partial charge on any atom is 0.137 e. The number of benzene rings is 2. The van der Waals surface area contributed by atoms with Crippen LogP contribution >= 0.6 is 23.4 Å². The molecule has 0 amide bonds. The van der Waals surface area contributed by atoms with Gasteiger partial charge in [-0.25, -0.2) is 0 Å². The fourth-order valence-corrected chi connectivity index (χ4v) is 2.74. The first kappa shape index (κ1) is 14.1. The van der Waals surface area contributed by atoms with Gasteiger partial charge in [0.2, 0.25) is 0 Å².